The molecule has 1 aromatic heterocycles. The summed E-state index contributed by atoms with van der Waals surface area (Å²) in [7, 11) is 0. The van der Waals surface area contributed by atoms with E-state index in [0.717, 1.165) is 26.0 Å². The summed E-state index contributed by atoms with van der Waals surface area (Å²) in [5, 5.41) is 0. The molecule has 0 fully saturated rings. The first-order valence-electron chi connectivity index (χ1n) is 8.58. The van der Waals surface area contributed by atoms with Gasteiger partial charge in [0, 0.05) is 35.8 Å². The topological polar surface area (TPSA) is 3.24 Å². The standard InChI is InChI=1S/C23H17Br2NS/c1-16-2-15-23(27-16)17-3-9-20(10-4-17)26(21-11-5-18(24)6-12-21)22-13-7-19(25)8-14-22/h2-15H,1H3. The maximum absolute atomic E-state index is 3.53. The number of hydrogen-bond donors (Lipinski definition) is 0. The zero-order valence-electron chi connectivity index (χ0n) is 14.7. The van der Waals surface area contributed by atoms with Gasteiger partial charge in [0.25, 0.3) is 0 Å². The van der Waals surface area contributed by atoms with E-state index < -0.39 is 0 Å². The van der Waals surface area contributed by atoms with Gasteiger partial charge in [0.2, 0.25) is 0 Å². The predicted octanol–water partition coefficient (Wildman–Crippen LogP) is 8.72. The summed E-state index contributed by atoms with van der Waals surface area (Å²) in [5.41, 5.74) is 4.64. The summed E-state index contributed by atoms with van der Waals surface area (Å²) in [5.74, 6) is 0. The van der Waals surface area contributed by atoms with Crippen molar-refractivity contribution in [2.24, 2.45) is 0 Å². The second kappa shape index (κ2) is 8.01. The highest BCUT2D eigenvalue weighted by Gasteiger charge is 2.13. The number of benzene rings is 3. The summed E-state index contributed by atoms with van der Waals surface area (Å²) >= 11 is 8.89. The van der Waals surface area contributed by atoms with Gasteiger partial charge in [0.15, 0.2) is 0 Å². The molecule has 134 valence electrons. The van der Waals surface area contributed by atoms with Gasteiger partial charge in [0.1, 0.15) is 0 Å². The first-order valence-corrected chi connectivity index (χ1v) is 11.0. The predicted molar refractivity (Wildman–Crippen MR) is 125 cm³/mol. The van der Waals surface area contributed by atoms with E-state index in [1.807, 2.05) is 11.3 Å². The maximum Gasteiger partial charge on any atom is 0.0462 e. The lowest BCUT2D eigenvalue weighted by Crippen LogP contribution is -2.09. The van der Waals surface area contributed by atoms with E-state index in [1.165, 1.54) is 15.3 Å². The van der Waals surface area contributed by atoms with E-state index in [0.29, 0.717) is 0 Å². The van der Waals surface area contributed by atoms with Crippen LogP contribution in [0.15, 0.2) is 93.9 Å². The highest BCUT2D eigenvalue weighted by Crippen LogP contribution is 2.37. The lowest BCUT2D eigenvalue weighted by molar-refractivity contribution is 1.28. The Bertz CT molecular complexity index is 990. The summed E-state index contributed by atoms with van der Waals surface area (Å²) in [4.78, 5) is 4.90. The van der Waals surface area contributed by atoms with E-state index >= 15 is 0 Å². The first-order chi connectivity index (χ1) is 13.1. The Labute approximate surface area is 180 Å². The normalized spacial score (nSPS) is 10.8. The van der Waals surface area contributed by atoms with Crippen molar-refractivity contribution in [2.45, 2.75) is 6.92 Å². The Kier molecular flexibility index (Phi) is 5.48. The van der Waals surface area contributed by atoms with Crippen LogP contribution in [0.3, 0.4) is 0 Å². The fourth-order valence-corrected chi connectivity index (χ4v) is 4.39. The molecule has 0 aliphatic rings. The molecule has 27 heavy (non-hydrogen) atoms. The molecule has 1 nitrogen and oxygen atoms in total. The molecule has 4 heteroatoms. The maximum atomic E-state index is 3.53. The molecule has 0 bridgehead atoms. The van der Waals surface area contributed by atoms with Gasteiger partial charge in [-0.3, -0.25) is 0 Å². The van der Waals surface area contributed by atoms with Crippen molar-refractivity contribution < 1.29 is 0 Å². The summed E-state index contributed by atoms with van der Waals surface area (Å²) in [6.45, 7) is 2.14. The van der Waals surface area contributed by atoms with Crippen molar-refractivity contribution in [1.82, 2.24) is 0 Å². The Balaban J connectivity index is 1.76. The van der Waals surface area contributed by atoms with Crippen molar-refractivity contribution in [3.05, 3.63) is 98.8 Å². The molecule has 0 atom stereocenters. The molecule has 0 saturated heterocycles. The highest BCUT2D eigenvalue weighted by molar-refractivity contribution is 9.10. The highest BCUT2D eigenvalue weighted by atomic mass is 79.9. The van der Waals surface area contributed by atoms with Gasteiger partial charge in [-0.05, 0) is 85.3 Å². The average Bonchev–Trinajstić information content (AvgIpc) is 3.12. The molecule has 0 aliphatic carbocycles. The molecule has 0 spiro atoms. The molecular formula is C23H17Br2NS. The minimum atomic E-state index is 1.07. The van der Waals surface area contributed by atoms with Gasteiger partial charge < -0.3 is 4.90 Å². The van der Waals surface area contributed by atoms with Gasteiger partial charge >= 0.3 is 0 Å². The Morgan fingerprint density at radius 1 is 0.593 bits per heavy atom. The van der Waals surface area contributed by atoms with E-state index in [1.54, 1.807) is 0 Å². The number of rotatable bonds is 4. The molecule has 0 unspecified atom stereocenters. The third-order valence-electron chi connectivity index (χ3n) is 4.32. The number of aryl methyl sites for hydroxylation is 1. The van der Waals surface area contributed by atoms with Crippen molar-refractivity contribution in [3.63, 3.8) is 0 Å². The van der Waals surface area contributed by atoms with E-state index in [2.05, 4.69) is 129 Å². The van der Waals surface area contributed by atoms with Crippen LogP contribution < -0.4 is 4.90 Å². The average molecular weight is 499 g/mol. The second-order valence-corrected chi connectivity index (χ2v) is 9.36. The molecule has 4 rings (SSSR count). The molecule has 0 radical (unpaired) electrons. The number of hydrogen-bond acceptors (Lipinski definition) is 2. The van der Waals surface area contributed by atoms with Crippen molar-refractivity contribution in [1.29, 1.82) is 0 Å². The molecule has 0 amide bonds. The molecule has 0 aliphatic heterocycles. The monoisotopic (exact) mass is 497 g/mol. The fourth-order valence-electron chi connectivity index (χ4n) is 2.99. The van der Waals surface area contributed by atoms with Gasteiger partial charge in [-0.25, -0.2) is 0 Å². The smallest absolute Gasteiger partial charge is 0.0462 e. The zero-order valence-corrected chi connectivity index (χ0v) is 18.7. The molecule has 0 N–H and O–H groups in total. The first kappa shape index (κ1) is 18.5. The molecule has 0 saturated carbocycles. The van der Waals surface area contributed by atoms with Gasteiger partial charge in [0.05, 0.1) is 0 Å². The Hall–Kier alpha value is -1.88. The van der Waals surface area contributed by atoms with Gasteiger partial charge in [-0.2, -0.15) is 0 Å². The molecule has 1 heterocycles. The number of halogens is 2. The minimum Gasteiger partial charge on any atom is -0.311 e. The van der Waals surface area contributed by atoms with Crippen LogP contribution in [0.25, 0.3) is 10.4 Å². The van der Waals surface area contributed by atoms with Crippen LogP contribution >= 0.6 is 43.2 Å². The molecule has 4 aromatic rings. The van der Waals surface area contributed by atoms with Crippen LogP contribution in [-0.2, 0) is 0 Å². The van der Waals surface area contributed by atoms with E-state index in [4.69, 9.17) is 0 Å². The number of nitrogens with zero attached hydrogens (tertiary/aromatic N) is 1. The van der Waals surface area contributed by atoms with Crippen LogP contribution in [0.2, 0.25) is 0 Å². The SMILES string of the molecule is Cc1ccc(-c2ccc(N(c3ccc(Br)cc3)c3ccc(Br)cc3)cc2)s1. The van der Waals surface area contributed by atoms with Gasteiger partial charge in [-0.15, -0.1) is 11.3 Å². The second-order valence-electron chi connectivity index (χ2n) is 6.25. The van der Waals surface area contributed by atoms with Crippen LogP contribution in [-0.4, -0.2) is 0 Å². The molecule has 3 aromatic carbocycles. The summed E-state index contributed by atoms with van der Waals surface area (Å²) in [6.07, 6.45) is 0. The largest absolute Gasteiger partial charge is 0.311 e. The van der Waals surface area contributed by atoms with Crippen molar-refractivity contribution in [3.8, 4) is 10.4 Å². The Morgan fingerprint density at radius 3 is 1.44 bits per heavy atom. The van der Waals surface area contributed by atoms with Crippen LogP contribution in [0.5, 0.6) is 0 Å². The zero-order chi connectivity index (χ0) is 18.8. The van der Waals surface area contributed by atoms with Crippen LogP contribution in [0, 0.1) is 6.92 Å². The summed E-state index contributed by atoms with van der Waals surface area (Å²) in [6, 6.07) is 29.9. The van der Waals surface area contributed by atoms with E-state index in [9.17, 15) is 0 Å². The number of thiophene rings is 1. The van der Waals surface area contributed by atoms with Crippen LogP contribution in [0.4, 0.5) is 17.1 Å². The van der Waals surface area contributed by atoms with Crippen molar-refractivity contribution >= 4 is 60.3 Å². The Morgan fingerprint density at radius 2 is 1.04 bits per heavy atom. The lowest BCUT2D eigenvalue weighted by Gasteiger charge is -2.25. The van der Waals surface area contributed by atoms with E-state index in [-0.39, 0.29) is 0 Å². The number of anilines is 3. The summed E-state index contributed by atoms with van der Waals surface area (Å²) < 4.78 is 2.15. The fraction of sp³-hybridized carbons (Fsp3) is 0.0435. The van der Waals surface area contributed by atoms with Crippen LogP contribution in [0.1, 0.15) is 4.88 Å². The minimum absolute atomic E-state index is 1.07. The quantitative estimate of drug-likeness (QED) is 0.272. The van der Waals surface area contributed by atoms with Gasteiger partial charge in [-0.1, -0.05) is 44.0 Å². The van der Waals surface area contributed by atoms with Crippen molar-refractivity contribution in [2.75, 3.05) is 4.90 Å². The third kappa shape index (κ3) is 4.18. The third-order valence-corrected chi connectivity index (χ3v) is 6.43. The lowest BCUT2D eigenvalue weighted by atomic mass is 10.1. The molecular weight excluding hydrogens is 482 g/mol.